The highest BCUT2D eigenvalue weighted by Crippen LogP contribution is 2.36. The summed E-state index contributed by atoms with van der Waals surface area (Å²) in [6.07, 6.45) is 0. The third-order valence-electron chi connectivity index (χ3n) is 4.21. The molecule has 0 spiro atoms. The van der Waals surface area contributed by atoms with Crippen molar-refractivity contribution < 1.29 is 9.21 Å². The van der Waals surface area contributed by atoms with Gasteiger partial charge in [-0.05, 0) is 31.0 Å². The van der Waals surface area contributed by atoms with Crippen LogP contribution in [0.3, 0.4) is 0 Å². The lowest BCUT2D eigenvalue weighted by atomic mass is 10.1. The quantitative estimate of drug-likeness (QED) is 0.567. The Morgan fingerprint density at radius 3 is 1.96 bits per heavy atom. The summed E-state index contributed by atoms with van der Waals surface area (Å²) in [5, 5.41) is 4.41. The Hall–Kier alpha value is -3.14. The molecule has 4 rings (SSSR count). The molecule has 0 unspecified atom stereocenters. The molecule has 0 aliphatic heterocycles. The Labute approximate surface area is 139 Å². The normalized spacial score (nSPS) is 11.8. The fourth-order valence-corrected chi connectivity index (χ4v) is 3.14. The maximum Gasteiger partial charge on any atom is 0.274 e. The maximum absolute atomic E-state index is 12.4. The summed E-state index contributed by atoms with van der Waals surface area (Å²) in [4.78, 5) is 12.4. The first-order chi connectivity index (χ1) is 11.6. The van der Waals surface area contributed by atoms with Crippen LogP contribution in [0.15, 0.2) is 64.1 Å². The van der Waals surface area contributed by atoms with Gasteiger partial charge in [-0.2, -0.15) is 5.10 Å². The maximum atomic E-state index is 12.4. The van der Waals surface area contributed by atoms with E-state index in [0.717, 1.165) is 28.0 Å². The predicted molar refractivity (Wildman–Crippen MR) is 93.2 cm³/mol. The number of hydrazone groups is 1. The zero-order valence-electron chi connectivity index (χ0n) is 13.5. The zero-order valence-corrected chi connectivity index (χ0v) is 13.5. The van der Waals surface area contributed by atoms with Gasteiger partial charge in [0.05, 0.1) is 11.3 Å². The summed E-state index contributed by atoms with van der Waals surface area (Å²) < 4.78 is 5.41. The molecule has 0 fully saturated rings. The Kier molecular flexibility index (Phi) is 3.31. The number of hydrogen-bond acceptors (Lipinski definition) is 3. The van der Waals surface area contributed by atoms with Crippen molar-refractivity contribution in [1.29, 1.82) is 0 Å². The second-order valence-corrected chi connectivity index (χ2v) is 5.82. The lowest BCUT2D eigenvalue weighted by Gasteiger charge is -2.03. The number of carbonyl (C=O) groups excluding carboxylic acids is 1. The molecular weight excluding hydrogens is 300 g/mol. The Balaban J connectivity index is 1.72. The summed E-state index contributed by atoms with van der Waals surface area (Å²) in [6.45, 7) is 3.59. The Morgan fingerprint density at radius 2 is 1.46 bits per heavy atom. The molecule has 0 saturated heterocycles. The molecule has 24 heavy (non-hydrogen) atoms. The van der Waals surface area contributed by atoms with E-state index in [-0.39, 0.29) is 5.91 Å². The number of nitrogens with zero attached hydrogens (tertiary/aromatic N) is 1. The van der Waals surface area contributed by atoms with Gasteiger partial charge >= 0.3 is 0 Å². The van der Waals surface area contributed by atoms with Crippen LogP contribution in [-0.4, -0.2) is 11.6 Å². The molecule has 1 heterocycles. The van der Waals surface area contributed by atoms with Crippen molar-refractivity contribution in [1.82, 2.24) is 5.43 Å². The summed E-state index contributed by atoms with van der Waals surface area (Å²) in [6, 6.07) is 17.9. The minimum absolute atomic E-state index is 0.265. The van der Waals surface area contributed by atoms with Gasteiger partial charge in [0, 0.05) is 11.1 Å². The molecule has 4 nitrogen and oxygen atoms in total. The molecule has 1 amide bonds. The van der Waals surface area contributed by atoms with Crippen LogP contribution >= 0.6 is 0 Å². The highest BCUT2D eigenvalue weighted by molar-refractivity contribution is 6.24. The van der Waals surface area contributed by atoms with Crippen molar-refractivity contribution >= 4 is 11.6 Å². The van der Waals surface area contributed by atoms with Crippen molar-refractivity contribution in [3.63, 3.8) is 0 Å². The zero-order chi connectivity index (χ0) is 16.7. The van der Waals surface area contributed by atoms with Crippen LogP contribution in [0.25, 0.3) is 11.1 Å². The highest BCUT2D eigenvalue weighted by Gasteiger charge is 2.24. The van der Waals surface area contributed by atoms with Gasteiger partial charge in [-0.25, -0.2) is 5.43 Å². The van der Waals surface area contributed by atoms with E-state index < -0.39 is 0 Å². The van der Waals surface area contributed by atoms with Gasteiger partial charge in [0.2, 0.25) is 0 Å². The molecule has 0 saturated carbocycles. The van der Waals surface area contributed by atoms with E-state index in [0.29, 0.717) is 17.1 Å². The predicted octanol–water partition coefficient (Wildman–Crippen LogP) is 4.06. The van der Waals surface area contributed by atoms with Crippen molar-refractivity contribution in [2.45, 2.75) is 13.8 Å². The number of nitrogens with one attached hydrogen (secondary N) is 1. The Bertz CT molecular complexity index is 935. The molecule has 1 N–H and O–H groups in total. The van der Waals surface area contributed by atoms with Gasteiger partial charge in [0.15, 0.2) is 0 Å². The van der Waals surface area contributed by atoms with E-state index in [2.05, 4.69) is 22.7 Å². The number of furan rings is 1. The van der Waals surface area contributed by atoms with Crippen molar-refractivity contribution in [3.05, 3.63) is 82.8 Å². The van der Waals surface area contributed by atoms with Crippen molar-refractivity contribution in [3.8, 4) is 11.1 Å². The number of fused-ring (bicyclic) bond motifs is 3. The molecule has 1 aliphatic rings. The Morgan fingerprint density at radius 1 is 0.917 bits per heavy atom. The topological polar surface area (TPSA) is 54.6 Å². The summed E-state index contributed by atoms with van der Waals surface area (Å²) in [5.74, 6) is 1.04. The first-order valence-electron chi connectivity index (χ1n) is 7.79. The average Bonchev–Trinajstić information content (AvgIpc) is 3.10. The molecule has 3 aromatic rings. The van der Waals surface area contributed by atoms with E-state index in [4.69, 9.17) is 4.42 Å². The van der Waals surface area contributed by atoms with Gasteiger partial charge in [-0.15, -0.1) is 0 Å². The van der Waals surface area contributed by atoms with E-state index in [1.165, 1.54) is 0 Å². The van der Waals surface area contributed by atoms with Gasteiger partial charge in [-0.1, -0.05) is 48.5 Å². The van der Waals surface area contributed by atoms with Crippen LogP contribution in [0.4, 0.5) is 0 Å². The second kappa shape index (κ2) is 5.49. The molecule has 0 bridgehead atoms. The lowest BCUT2D eigenvalue weighted by Crippen LogP contribution is -2.20. The lowest BCUT2D eigenvalue weighted by molar-refractivity contribution is 0.0953. The van der Waals surface area contributed by atoms with E-state index in [1.807, 2.05) is 43.3 Å². The van der Waals surface area contributed by atoms with E-state index in [9.17, 15) is 4.79 Å². The van der Waals surface area contributed by atoms with Crippen LogP contribution in [0.5, 0.6) is 0 Å². The largest absolute Gasteiger partial charge is 0.466 e. The van der Waals surface area contributed by atoms with E-state index >= 15 is 0 Å². The van der Waals surface area contributed by atoms with Gasteiger partial charge in [0.25, 0.3) is 5.91 Å². The summed E-state index contributed by atoms with van der Waals surface area (Å²) in [7, 11) is 0. The SMILES string of the molecule is Cc1cc(C(=O)NN=C2c3ccccc3-c3ccccc32)c(C)o1. The third kappa shape index (κ3) is 2.24. The van der Waals surface area contributed by atoms with Crippen molar-refractivity contribution in [2.24, 2.45) is 5.10 Å². The average molecular weight is 316 g/mol. The number of carbonyl (C=O) groups is 1. The van der Waals surface area contributed by atoms with Crippen LogP contribution in [0.1, 0.15) is 33.0 Å². The third-order valence-corrected chi connectivity index (χ3v) is 4.21. The molecule has 1 aliphatic carbocycles. The number of benzene rings is 2. The van der Waals surface area contributed by atoms with Gasteiger partial charge in [0.1, 0.15) is 11.5 Å². The van der Waals surface area contributed by atoms with E-state index in [1.54, 1.807) is 13.0 Å². The smallest absolute Gasteiger partial charge is 0.274 e. The molecular formula is C20H16N2O2. The monoisotopic (exact) mass is 316 g/mol. The number of rotatable bonds is 2. The minimum Gasteiger partial charge on any atom is -0.466 e. The van der Waals surface area contributed by atoms with Crippen molar-refractivity contribution in [2.75, 3.05) is 0 Å². The molecule has 118 valence electrons. The first-order valence-corrected chi connectivity index (χ1v) is 7.79. The molecule has 1 aromatic heterocycles. The molecule has 0 atom stereocenters. The number of amides is 1. The first kappa shape index (κ1) is 14.5. The molecule has 4 heteroatoms. The summed E-state index contributed by atoms with van der Waals surface area (Å²) >= 11 is 0. The fourth-order valence-electron chi connectivity index (χ4n) is 3.14. The van der Waals surface area contributed by atoms with Crippen LogP contribution in [0.2, 0.25) is 0 Å². The summed E-state index contributed by atoms with van der Waals surface area (Å²) in [5.41, 5.74) is 8.29. The number of hydrogen-bond donors (Lipinski definition) is 1. The standard InChI is InChI=1S/C20H16N2O2/c1-12-11-18(13(2)24-12)20(23)22-21-19-16-9-5-3-7-14(16)15-8-4-6-10-17(15)19/h3-11H,1-2H3,(H,22,23). The molecule has 2 aromatic carbocycles. The fraction of sp³-hybridized carbons (Fsp3) is 0.100. The van der Waals surface area contributed by atoms with Crippen LogP contribution in [0, 0.1) is 13.8 Å². The van der Waals surface area contributed by atoms with Crippen LogP contribution in [-0.2, 0) is 0 Å². The van der Waals surface area contributed by atoms with Crippen LogP contribution < -0.4 is 5.43 Å². The molecule has 0 radical (unpaired) electrons. The highest BCUT2D eigenvalue weighted by atomic mass is 16.3. The number of aryl methyl sites for hydroxylation is 2. The second-order valence-electron chi connectivity index (χ2n) is 5.82. The minimum atomic E-state index is -0.265. The van der Waals surface area contributed by atoms with Gasteiger partial charge < -0.3 is 4.42 Å². The van der Waals surface area contributed by atoms with Gasteiger partial charge in [-0.3, -0.25) is 4.79 Å².